The van der Waals surface area contributed by atoms with E-state index in [4.69, 9.17) is 4.42 Å². The Labute approximate surface area is 123 Å². The van der Waals surface area contributed by atoms with E-state index in [1.54, 1.807) is 0 Å². The molecule has 114 valence electrons. The van der Waals surface area contributed by atoms with Crippen molar-refractivity contribution in [2.24, 2.45) is 5.92 Å². The van der Waals surface area contributed by atoms with Crippen molar-refractivity contribution in [1.29, 1.82) is 0 Å². The highest BCUT2D eigenvalue weighted by Crippen LogP contribution is 2.24. The molecule has 2 rings (SSSR count). The van der Waals surface area contributed by atoms with E-state index in [-0.39, 0.29) is 0 Å². The molecule has 3 nitrogen and oxygen atoms in total. The van der Waals surface area contributed by atoms with Gasteiger partial charge in [0.1, 0.15) is 11.5 Å². The van der Waals surface area contributed by atoms with Gasteiger partial charge in [0.2, 0.25) is 0 Å². The molecule has 1 fully saturated rings. The van der Waals surface area contributed by atoms with Crippen LogP contribution < -0.4 is 5.32 Å². The minimum Gasteiger partial charge on any atom is -0.465 e. The molecule has 0 saturated carbocycles. The molecule has 0 aliphatic carbocycles. The van der Waals surface area contributed by atoms with Crippen molar-refractivity contribution in [3.63, 3.8) is 0 Å². The van der Waals surface area contributed by atoms with Gasteiger partial charge in [0.05, 0.1) is 6.54 Å². The average molecular weight is 278 g/mol. The molecule has 0 spiro atoms. The molecule has 2 heterocycles. The van der Waals surface area contributed by atoms with Gasteiger partial charge in [0, 0.05) is 24.7 Å². The quantitative estimate of drug-likeness (QED) is 0.804. The Morgan fingerprint density at radius 1 is 1.35 bits per heavy atom. The molecule has 0 radical (unpaired) electrons. The molecule has 1 aliphatic rings. The molecular formula is C17H30N2O. The minimum atomic E-state index is 0.679. The number of rotatable bonds is 6. The third kappa shape index (κ3) is 4.10. The number of nitrogens with zero attached hydrogens (tertiary/aromatic N) is 1. The summed E-state index contributed by atoms with van der Waals surface area (Å²) in [6, 6.07) is 2.92. The monoisotopic (exact) mass is 278 g/mol. The Morgan fingerprint density at radius 2 is 2.15 bits per heavy atom. The zero-order valence-electron chi connectivity index (χ0n) is 13.5. The number of piperidine rings is 1. The highest BCUT2D eigenvalue weighted by atomic mass is 16.3. The molecule has 1 aromatic rings. The van der Waals surface area contributed by atoms with Crippen LogP contribution in [-0.4, -0.2) is 24.0 Å². The molecule has 1 aliphatic heterocycles. The fourth-order valence-electron chi connectivity index (χ4n) is 3.04. The first-order chi connectivity index (χ1) is 9.60. The predicted octanol–water partition coefficient (Wildman–Crippen LogP) is 3.71. The second-order valence-corrected chi connectivity index (χ2v) is 6.43. The van der Waals surface area contributed by atoms with Gasteiger partial charge in [-0.3, -0.25) is 4.90 Å². The summed E-state index contributed by atoms with van der Waals surface area (Å²) in [7, 11) is 0. The zero-order chi connectivity index (χ0) is 14.5. The van der Waals surface area contributed by atoms with E-state index < -0.39 is 0 Å². The van der Waals surface area contributed by atoms with E-state index in [0.717, 1.165) is 37.1 Å². The Kier molecular flexibility index (Phi) is 5.67. The van der Waals surface area contributed by atoms with E-state index in [0.29, 0.717) is 6.04 Å². The molecule has 20 heavy (non-hydrogen) atoms. The largest absolute Gasteiger partial charge is 0.465 e. The fraction of sp³-hybridized carbons (Fsp3) is 0.765. The summed E-state index contributed by atoms with van der Waals surface area (Å²) in [4.78, 5) is 2.57. The lowest BCUT2D eigenvalue weighted by Crippen LogP contribution is -2.40. The molecule has 1 aromatic heterocycles. The van der Waals surface area contributed by atoms with Gasteiger partial charge in [-0.1, -0.05) is 13.8 Å². The predicted molar refractivity (Wildman–Crippen MR) is 83.7 cm³/mol. The van der Waals surface area contributed by atoms with E-state index in [2.05, 4.69) is 44.0 Å². The smallest absolute Gasteiger partial charge is 0.118 e. The lowest BCUT2D eigenvalue weighted by Gasteiger charge is -2.36. The van der Waals surface area contributed by atoms with Crippen LogP contribution in [-0.2, 0) is 13.1 Å². The first kappa shape index (κ1) is 15.6. The van der Waals surface area contributed by atoms with Crippen molar-refractivity contribution >= 4 is 0 Å². The van der Waals surface area contributed by atoms with Crippen LogP contribution in [0.2, 0.25) is 0 Å². The van der Waals surface area contributed by atoms with Gasteiger partial charge in [-0.2, -0.15) is 0 Å². The lowest BCUT2D eigenvalue weighted by molar-refractivity contribution is 0.108. The average Bonchev–Trinajstić information content (AvgIpc) is 2.75. The van der Waals surface area contributed by atoms with Crippen LogP contribution in [0, 0.1) is 12.8 Å². The van der Waals surface area contributed by atoms with Crippen LogP contribution in [0.25, 0.3) is 0 Å². The Bertz CT molecular complexity index is 413. The number of hydrogen-bond acceptors (Lipinski definition) is 3. The molecule has 2 unspecified atom stereocenters. The summed E-state index contributed by atoms with van der Waals surface area (Å²) in [6.45, 7) is 13.1. The highest BCUT2D eigenvalue weighted by Gasteiger charge is 2.23. The normalized spacial score (nSPS) is 24.2. The first-order valence-corrected chi connectivity index (χ1v) is 8.13. The van der Waals surface area contributed by atoms with Crippen LogP contribution in [0.1, 0.15) is 57.1 Å². The number of nitrogens with one attached hydrogen (secondary N) is 1. The van der Waals surface area contributed by atoms with Crippen LogP contribution in [0.5, 0.6) is 0 Å². The second kappa shape index (κ2) is 7.28. The number of aryl methyl sites for hydroxylation is 1. The van der Waals surface area contributed by atoms with Crippen molar-refractivity contribution in [1.82, 2.24) is 10.2 Å². The molecule has 0 bridgehead atoms. The Hall–Kier alpha value is -0.800. The summed E-state index contributed by atoms with van der Waals surface area (Å²) in [6.07, 6.45) is 3.85. The molecule has 2 atom stereocenters. The lowest BCUT2D eigenvalue weighted by atomic mass is 9.95. The van der Waals surface area contributed by atoms with Crippen molar-refractivity contribution < 1.29 is 4.42 Å². The molecule has 0 aromatic carbocycles. The van der Waals surface area contributed by atoms with Crippen LogP contribution in [0.15, 0.2) is 10.5 Å². The van der Waals surface area contributed by atoms with Crippen molar-refractivity contribution in [2.75, 3.05) is 13.1 Å². The SMILES string of the molecule is CCCNCc1cc(CN2CC(C)CCC2C)oc1C. The van der Waals surface area contributed by atoms with Crippen molar-refractivity contribution in [3.8, 4) is 0 Å². The van der Waals surface area contributed by atoms with E-state index in [1.807, 2.05) is 0 Å². The van der Waals surface area contributed by atoms with Gasteiger partial charge in [0.25, 0.3) is 0 Å². The summed E-state index contributed by atoms with van der Waals surface area (Å²) >= 11 is 0. The van der Waals surface area contributed by atoms with Gasteiger partial charge in [-0.05, 0) is 51.6 Å². The number of likely N-dealkylation sites (tertiary alicyclic amines) is 1. The van der Waals surface area contributed by atoms with E-state index in [1.165, 1.54) is 31.4 Å². The first-order valence-electron chi connectivity index (χ1n) is 8.13. The maximum Gasteiger partial charge on any atom is 0.118 e. The maximum atomic E-state index is 5.95. The summed E-state index contributed by atoms with van der Waals surface area (Å²) < 4.78 is 5.95. The van der Waals surface area contributed by atoms with Gasteiger partial charge in [0.15, 0.2) is 0 Å². The van der Waals surface area contributed by atoms with Gasteiger partial charge in [-0.15, -0.1) is 0 Å². The summed E-state index contributed by atoms with van der Waals surface area (Å²) in [5.74, 6) is 3.01. The maximum absolute atomic E-state index is 5.95. The van der Waals surface area contributed by atoms with E-state index in [9.17, 15) is 0 Å². The minimum absolute atomic E-state index is 0.679. The Balaban J connectivity index is 1.93. The third-order valence-electron chi connectivity index (χ3n) is 4.42. The highest BCUT2D eigenvalue weighted by molar-refractivity contribution is 5.20. The van der Waals surface area contributed by atoms with Crippen LogP contribution in [0.3, 0.4) is 0 Å². The number of hydrogen-bond donors (Lipinski definition) is 1. The number of furan rings is 1. The second-order valence-electron chi connectivity index (χ2n) is 6.43. The van der Waals surface area contributed by atoms with Gasteiger partial charge < -0.3 is 9.73 Å². The standard InChI is InChI=1S/C17H30N2O/c1-5-8-18-10-16-9-17(20-15(16)4)12-19-11-13(2)6-7-14(19)3/h9,13-14,18H,5-8,10-12H2,1-4H3. The molecule has 1 N–H and O–H groups in total. The van der Waals surface area contributed by atoms with Gasteiger partial charge in [-0.25, -0.2) is 0 Å². The topological polar surface area (TPSA) is 28.4 Å². The fourth-order valence-corrected chi connectivity index (χ4v) is 3.04. The third-order valence-corrected chi connectivity index (χ3v) is 4.42. The molecule has 3 heteroatoms. The van der Waals surface area contributed by atoms with Gasteiger partial charge >= 0.3 is 0 Å². The zero-order valence-corrected chi connectivity index (χ0v) is 13.5. The molecular weight excluding hydrogens is 248 g/mol. The molecule has 0 amide bonds. The molecule has 1 saturated heterocycles. The summed E-state index contributed by atoms with van der Waals surface area (Å²) in [5.41, 5.74) is 1.31. The van der Waals surface area contributed by atoms with Crippen LogP contribution in [0.4, 0.5) is 0 Å². The summed E-state index contributed by atoms with van der Waals surface area (Å²) in [5, 5.41) is 3.45. The van der Waals surface area contributed by atoms with E-state index >= 15 is 0 Å². The van der Waals surface area contributed by atoms with Crippen molar-refractivity contribution in [2.45, 2.75) is 66.1 Å². The van der Waals surface area contributed by atoms with Crippen LogP contribution >= 0.6 is 0 Å². The Morgan fingerprint density at radius 3 is 2.90 bits per heavy atom. The van der Waals surface area contributed by atoms with Crippen molar-refractivity contribution in [3.05, 3.63) is 23.2 Å².